The third kappa shape index (κ3) is 5.65. The van der Waals surface area contributed by atoms with Gasteiger partial charge in [0.15, 0.2) is 11.6 Å². The summed E-state index contributed by atoms with van der Waals surface area (Å²) < 4.78 is 43.4. The van der Waals surface area contributed by atoms with Gasteiger partial charge in [-0.1, -0.05) is 6.42 Å². The predicted octanol–water partition coefficient (Wildman–Crippen LogP) is 4.13. The van der Waals surface area contributed by atoms with Crippen molar-refractivity contribution in [3.05, 3.63) is 56.9 Å². The number of carbonyl (C=O) groups excluding carboxylic acids is 2. The van der Waals surface area contributed by atoms with E-state index in [1.807, 2.05) is 22.6 Å². The summed E-state index contributed by atoms with van der Waals surface area (Å²) in [6.45, 7) is 3.84. The van der Waals surface area contributed by atoms with Crippen molar-refractivity contribution in [1.82, 2.24) is 15.1 Å². The Balaban J connectivity index is 1.37. The van der Waals surface area contributed by atoms with Crippen LogP contribution in [0.3, 0.4) is 0 Å². The lowest BCUT2D eigenvalue weighted by Crippen LogP contribution is -2.56. The SMILES string of the molecule is O=C(NCCN1CCCCC1)C1CN(C(=O)c2ccc(F)c(F)c2Nc2ccc(I)cc2F)C1. The van der Waals surface area contributed by atoms with Crippen LogP contribution in [-0.2, 0) is 4.79 Å². The van der Waals surface area contributed by atoms with E-state index in [1.54, 1.807) is 6.07 Å². The Morgan fingerprint density at radius 2 is 1.74 bits per heavy atom. The Bertz CT molecular complexity index is 1070. The van der Waals surface area contributed by atoms with E-state index in [2.05, 4.69) is 15.5 Å². The summed E-state index contributed by atoms with van der Waals surface area (Å²) in [6, 6.07) is 6.27. The molecular weight excluding hydrogens is 560 g/mol. The average Bonchev–Trinajstić information content (AvgIpc) is 2.78. The van der Waals surface area contributed by atoms with Gasteiger partial charge >= 0.3 is 0 Å². The number of hydrogen-bond donors (Lipinski definition) is 2. The number of nitrogens with one attached hydrogen (secondary N) is 2. The van der Waals surface area contributed by atoms with E-state index < -0.39 is 29.0 Å². The van der Waals surface area contributed by atoms with Crippen molar-refractivity contribution >= 4 is 45.8 Å². The number of hydrogen-bond acceptors (Lipinski definition) is 4. The molecule has 0 radical (unpaired) electrons. The maximum absolute atomic E-state index is 14.6. The topological polar surface area (TPSA) is 64.7 Å². The van der Waals surface area contributed by atoms with Gasteiger partial charge in [0, 0.05) is 29.7 Å². The van der Waals surface area contributed by atoms with E-state index in [1.165, 1.54) is 42.4 Å². The van der Waals surface area contributed by atoms with E-state index in [-0.39, 0.29) is 36.2 Å². The van der Waals surface area contributed by atoms with Crippen LogP contribution in [0.2, 0.25) is 0 Å². The maximum Gasteiger partial charge on any atom is 0.256 e. The van der Waals surface area contributed by atoms with E-state index >= 15 is 0 Å². The molecule has 2 N–H and O–H groups in total. The maximum atomic E-state index is 14.6. The van der Waals surface area contributed by atoms with E-state index in [0.29, 0.717) is 10.1 Å². The van der Waals surface area contributed by atoms with Gasteiger partial charge in [-0.15, -0.1) is 0 Å². The summed E-state index contributed by atoms with van der Waals surface area (Å²) in [5, 5.41) is 5.45. The van der Waals surface area contributed by atoms with Gasteiger partial charge in [0.1, 0.15) is 5.82 Å². The monoisotopic (exact) mass is 586 g/mol. The van der Waals surface area contributed by atoms with Gasteiger partial charge in [0.05, 0.1) is 22.9 Å². The van der Waals surface area contributed by atoms with Gasteiger partial charge in [-0.3, -0.25) is 9.59 Å². The number of carbonyl (C=O) groups is 2. The van der Waals surface area contributed by atoms with E-state index in [4.69, 9.17) is 0 Å². The predicted molar refractivity (Wildman–Crippen MR) is 131 cm³/mol. The fourth-order valence-corrected chi connectivity index (χ4v) is 4.67. The Kier molecular flexibility index (Phi) is 7.97. The quantitative estimate of drug-likeness (QED) is 0.480. The summed E-state index contributed by atoms with van der Waals surface area (Å²) in [5.41, 5.74) is -0.631. The van der Waals surface area contributed by atoms with Crippen molar-refractivity contribution < 1.29 is 22.8 Å². The summed E-state index contributed by atoms with van der Waals surface area (Å²) in [6.07, 6.45) is 3.62. The van der Waals surface area contributed by atoms with E-state index in [0.717, 1.165) is 25.7 Å². The Morgan fingerprint density at radius 3 is 2.44 bits per heavy atom. The number of amides is 2. The van der Waals surface area contributed by atoms with Crippen molar-refractivity contribution in [2.24, 2.45) is 5.92 Å². The summed E-state index contributed by atoms with van der Waals surface area (Å²) >= 11 is 1.93. The third-order valence-electron chi connectivity index (χ3n) is 6.23. The number of rotatable bonds is 7. The van der Waals surface area contributed by atoms with Gasteiger partial charge in [-0.2, -0.15) is 0 Å². The molecule has 2 heterocycles. The number of anilines is 2. The van der Waals surface area contributed by atoms with Crippen LogP contribution in [0.25, 0.3) is 0 Å². The van der Waals surface area contributed by atoms with Crippen molar-refractivity contribution in [1.29, 1.82) is 0 Å². The molecule has 2 aliphatic heterocycles. The molecule has 0 atom stereocenters. The first kappa shape index (κ1) is 24.8. The molecule has 34 heavy (non-hydrogen) atoms. The fraction of sp³-hybridized carbons (Fsp3) is 0.417. The van der Waals surface area contributed by atoms with Crippen LogP contribution in [0, 0.1) is 26.9 Å². The van der Waals surface area contributed by atoms with E-state index in [9.17, 15) is 22.8 Å². The Labute approximate surface area is 210 Å². The molecule has 0 unspecified atom stereocenters. The number of piperidine rings is 1. The first-order valence-corrected chi connectivity index (χ1v) is 12.4. The van der Waals surface area contributed by atoms with Crippen molar-refractivity contribution in [2.75, 3.05) is 44.6 Å². The lowest BCUT2D eigenvalue weighted by Gasteiger charge is -2.38. The van der Waals surface area contributed by atoms with Crippen LogP contribution in [0.15, 0.2) is 30.3 Å². The first-order valence-electron chi connectivity index (χ1n) is 11.3. The first-order chi connectivity index (χ1) is 16.3. The highest BCUT2D eigenvalue weighted by atomic mass is 127. The third-order valence-corrected chi connectivity index (χ3v) is 6.90. The minimum Gasteiger partial charge on any atom is -0.354 e. The molecule has 2 saturated heterocycles. The highest BCUT2D eigenvalue weighted by Gasteiger charge is 2.37. The van der Waals surface area contributed by atoms with Crippen LogP contribution in [-0.4, -0.2) is 60.9 Å². The lowest BCUT2D eigenvalue weighted by molar-refractivity contribution is -0.129. The van der Waals surface area contributed by atoms with Gasteiger partial charge in [-0.05, 0) is 78.9 Å². The molecule has 182 valence electrons. The zero-order valence-electron chi connectivity index (χ0n) is 18.6. The summed E-state index contributed by atoms with van der Waals surface area (Å²) in [5.74, 6) is -4.09. The molecular formula is C24H26F3IN4O2. The molecule has 0 spiro atoms. The molecule has 2 aliphatic rings. The highest BCUT2D eigenvalue weighted by molar-refractivity contribution is 14.1. The minimum absolute atomic E-state index is 0.0754. The largest absolute Gasteiger partial charge is 0.354 e. The molecule has 2 fully saturated rings. The molecule has 0 saturated carbocycles. The zero-order chi connectivity index (χ0) is 24.2. The second-order valence-corrected chi connectivity index (χ2v) is 9.88. The van der Waals surface area contributed by atoms with Crippen molar-refractivity contribution in [3.8, 4) is 0 Å². The average molecular weight is 586 g/mol. The molecule has 10 heteroatoms. The minimum atomic E-state index is -1.27. The standard InChI is InChI=1S/C24H26F3IN4O2/c25-18-6-5-17(22(21(18)27)30-20-7-4-16(28)12-19(20)26)24(34)32-13-15(14-32)23(33)29-8-11-31-9-2-1-3-10-31/h4-7,12,15,30H,1-3,8-11,13-14H2,(H,29,33). The fourth-order valence-electron chi connectivity index (χ4n) is 4.22. The number of halogens is 4. The molecule has 0 aromatic heterocycles. The molecule has 0 bridgehead atoms. The molecule has 0 aliphatic carbocycles. The molecule has 2 amide bonds. The van der Waals surface area contributed by atoms with Crippen LogP contribution in [0.4, 0.5) is 24.5 Å². The molecule has 2 aromatic rings. The van der Waals surface area contributed by atoms with Gasteiger partial charge in [0.25, 0.3) is 5.91 Å². The van der Waals surface area contributed by atoms with Crippen LogP contribution in [0.1, 0.15) is 29.6 Å². The number of nitrogens with zero attached hydrogens (tertiary/aromatic N) is 2. The molecule has 2 aromatic carbocycles. The van der Waals surface area contributed by atoms with Crippen LogP contribution >= 0.6 is 22.6 Å². The highest BCUT2D eigenvalue weighted by Crippen LogP contribution is 2.31. The second kappa shape index (κ2) is 10.9. The van der Waals surface area contributed by atoms with Gasteiger partial charge in [0.2, 0.25) is 5.91 Å². The molecule has 4 rings (SSSR count). The molecule has 6 nitrogen and oxygen atoms in total. The Hall–Kier alpha value is -2.34. The summed E-state index contributed by atoms with van der Waals surface area (Å²) in [4.78, 5) is 29.1. The summed E-state index contributed by atoms with van der Waals surface area (Å²) in [7, 11) is 0. The smallest absolute Gasteiger partial charge is 0.256 e. The normalized spacial score (nSPS) is 16.8. The zero-order valence-corrected chi connectivity index (χ0v) is 20.7. The Morgan fingerprint density at radius 1 is 1.00 bits per heavy atom. The van der Waals surface area contributed by atoms with Gasteiger partial charge < -0.3 is 20.4 Å². The van der Waals surface area contributed by atoms with Crippen LogP contribution < -0.4 is 10.6 Å². The van der Waals surface area contributed by atoms with Crippen LogP contribution in [0.5, 0.6) is 0 Å². The van der Waals surface area contributed by atoms with Crippen molar-refractivity contribution in [2.45, 2.75) is 19.3 Å². The second-order valence-electron chi connectivity index (χ2n) is 8.63. The lowest BCUT2D eigenvalue weighted by atomic mass is 9.97. The van der Waals surface area contributed by atoms with Gasteiger partial charge in [-0.25, -0.2) is 13.2 Å². The number of likely N-dealkylation sites (tertiary alicyclic amines) is 2. The van der Waals surface area contributed by atoms with Crippen molar-refractivity contribution in [3.63, 3.8) is 0 Å². The number of benzene rings is 2.